The van der Waals surface area contributed by atoms with Crippen LogP contribution in [0.1, 0.15) is 22.9 Å². The fraction of sp³-hybridized carbons (Fsp3) is 0.267. The van der Waals surface area contributed by atoms with Crippen LogP contribution in [0.5, 0.6) is 11.5 Å². The van der Waals surface area contributed by atoms with E-state index in [0.29, 0.717) is 19.0 Å². The third-order valence-corrected chi connectivity index (χ3v) is 3.13. The molecule has 1 aliphatic heterocycles. The molecule has 0 aliphatic carbocycles. The van der Waals surface area contributed by atoms with E-state index in [2.05, 4.69) is 4.98 Å². The lowest BCUT2D eigenvalue weighted by Crippen LogP contribution is -2.15. The molecule has 1 atom stereocenters. The van der Waals surface area contributed by atoms with E-state index in [1.807, 2.05) is 37.3 Å². The Morgan fingerprint density at radius 3 is 2.53 bits per heavy atom. The number of benzene rings is 1. The summed E-state index contributed by atoms with van der Waals surface area (Å²) >= 11 is 0. The highest BCUT2D eigenvalue weighted by Gasteiger charge is 2.16. The molecule has 1 aromatic heterocycles. The largest absolute Gasteiger partial charge is 0.486 e. The first-order valence-electron chi connectivity index (χ1n) is 6.24. The van der Waals surface area contributed by atoms with Crippen LogP contribution in [0.3, 0.4) is 0 Å². The van der Waals surface area contributed by atoms with Gasteiger partial charge in [0, 0.05) is 17.5 Å². The molecule has 19 heavy (non-hydrogen) atoms. The Balaban J connectivity index is 1.91. The predicted molar refractivity (Wildman–Crippen MR) is 70.5 cm³/mol. The number of pyridine rings is 1. The second kappa shape index (κ2) is 4.90. The minimum absolute atomic E-state index is 0.540. The van der Waals surface area contributed by atoms with Gasteiger partial charge in [0.15, 0.2) is 11.5 Å². The van der Waals surface area contributed by atoms with Crippen LogP contribution in [-0.4, -0.2) is 23.3 Å². The molecule has 0 fully saturated rings. The molecule has 1 N–H and O–H groups in total. The zero-order valence-corrected chi connectivity index (χ0v) is 10.7. The number of fused-ring (bicyclic) bond motifs is 1. The number of hydrogen-bond donors (Lipinski definition) is 1. The second-order valence-electron chi connectivity index (χ2n) is 4.54. The van der Waals surface area contributed by atoms with Crippen LogP contribution in [0.2, 0.25) is 0 Å². The van der Waals surface area contributed by atoms with Crippen LogP contribution in [0.15, 0.2) is 36.5 Å². The molecule has 0 amide bonds. The summed E-state index contributed by atoms with van der Waals surface area (Å²) in [6.45, 7) is 3.02. The minimum Gasteiger partial charge on any atom is -0.486 e. The fourth-order valence-electron chi connectivity index (χ4n) is 2.06. The van der Waals surface area contributed by atoms with Gasteiger partial charge in [0.2, 0.25) is 0 Å². The number of hydrogen-bond acceptors (Lipinski definition) is 4. The standard InChI is InChI=1S/C15H15NO3/c1-10-2-3-12(9-16-10)15(17)11-4-5-13-14(8-11)19-7-6-18-13/h2-5,8-9,15,17H,6-7H2,1H3. The van der Waals surface area contributed by atoms with Crippen molar-refractivity contribution in [2.75, 3.05) is 13.2 Å². The monoisotopic (exact) mass is 257 g/mol. The summed E-state index contributed by atoms with van der Waals surface area (Å²) in [7, 11) is 0. The molecule has 0 bridgehead atoms. The lowest BCUT2D eigenvalue weighted by molar-refractivity contribution is 0.169. The number of rotatable bonds is 2. The minimum atomic E-state index is -0.705. The molecule has 3 rings (SSSR count). The van der Waals surface area contributed by atoms with Crippen LogP contribution in [0, 0.1) is 6.92 Å². The molecule has 4 nitrogen and oxygen atoms in total. The Bertz CT molecular complexity index is 580. The average Bonchev–Trinajstić information content (AvgIpc) is 2.47. The van der Waals surface area contributed by atoms with E-state index in [1.54, 1.807) is 6.20 Å². The van der Waals surface area contributed by atoms with E-state index >= 15 is 0 Å². The summed E-state index contributed by atoms with van der Waals surface area (Å²) in [5.74, 6) is 1.41. The molecular weight excluding hydrogens is 242 g/mol. The summed E-state index contributed by atoms with van der Waals surface area (Å²) in [5.41, 5.74) is 2.47. The third kappa shape index (κ3) is 2.39. The van der Waals surface area contributed by atoms with Gasteiger partial charge < -0.3 is 14.6 Å². The molecule has 4 heteroatoms. The predicted octanol–water partition coefficient (Wildman–Crippen LogP) is 2.24. The van der Waals surface area contributed by atoms with E-state index in [9.17, 15) is 5.11 Å². The van der Waals surface area contributed by atoms with E-state index in [-0.39, 0.29) is 0 Å². The first-order chi connectivity index (χ1) is 9.24. The Hall–Kier alpha value is -2.07. The molecule has 2 aromatic rings. The molecule has 1 aromatic carbocycles. The summed E-state index contributed by atoms with van der Waals surface area (Å²) in [6.07, 6.45) is 0.987. The van der Waals surface area contributed by atoms with Crippen molar-refractivity contribution in [3.63, 3.8) is 0 Å². The number of aliphatic hydroxyl groups is 1. The zero-order valence-electron chi connectivity index (χ0n) is 10.7. The third-order valence-electron chi connectivity index (χ3n) is 3.13. The van der Waals surface area contributed by atoms with Gasteiger partial charge in [-0.05, 0) is 30.7 Å². The first-order valence-corrected chi connectivity index (χ1v) is 6.24. The molecule has 98 valence electrons. The summed E-state index contributed by atoms with van der Waals surface area (Å²) in [4.78, 5) is 4.20. The highest BCUT2D eigenvalue weighted by Crippen LogP contribution is 2.34. The van der Waals surface area contributed by atoms with Crippen molar-refractivity contribution in [1.82, 2.24) is 4.98 Å². The molecular formula is C15H15NO3. The second-order valence-corrected chi connectivity index (χ2v) is 4.54. The normalized spacial score (nSPS) is 15.1. The molecule has 0 saturated carbocycles. The van der Waals surface area contributed by atoms with Crippen LogP contribution in [0.25, 0.3) is 0 Å². The van der Waals surface area contributed by atoms with E-state index < -0.39 is 6.10 Å². The van der Waals surface area contributed by atoms with Crippen molar-refractivity contribution < 1.29 is 14.6 Å². The molecule has 0 radical (unpaired) electrons. The highest BCUT2D eigenvalue weighted by molar-refractivity contribution is 5.45. The summed E-state index contributed by atoms with van der Waals surface area (Å²) < 4.78 is 11.0. The van der Waals surface area contributed by atoms with Crippen molar-refractivity contribution in [2.45, 2.75) is 13.0 Å². The van der Waals surface area contributed by atoms with Crippen LogP contribution in [-0.2, 0) is 0 Å². The van der Waals surface area contributed by atoms with E-state index in [4.69, 9.17) is 9.47 Å². The lowest BCUT2D eigenvalue weighted by Gasteiger charge is -2.20. The maximum Gasteiger partial charge on any atom is 0.161 e. The number of ether oxygens (including phenoxy) is 2. The van der Waals surface area contributed by atoms with E-state index in [1.165, 1.54) is 0 Å². The van der Waals surface area contributed by atoms with Crippen molar-refractivity contribution >= 4 is 0 Å². The van der Waals surface area contributed by atoms with Gasteiger partial charge in [-0.15, -0.1) is 0 Å². The van der Waals surface area contributed by atoms with Crippen molar-refractivity contribution in [3.05, 3.63) is 53.3 Å². The van der Waals surface area contributed by atoms with Gasteiger partial charge in [0.05, 0.1) is 0 Å². The quantitative estimate of drug-likeness (QED) is 0.896. The zero-order chi connectivity index (χ0) is 13.2. The number of aryl methyl sites for hydroxylation is 1. The molecule has 2 heterocycles. The highest BCUT2D eigenvalue weighted by atomic mass is 16.6. The van der Waals surface area contributed by atoms with Gasteiger partial charge in [-0.3, -0.25) is 4.98 Å². The van der Waals surface area contributed by atoms with Gasteiger partial charge in [0.25, 0.3) is 0 Å². The van der Waals surface area contributed by atoms with Gasteiger partial charge >= 0.3 is 0 Å². The van der Waals surface area contributed by atoms with Crippen molar-refractivity contribution in [3.8, 4) is 11.5 Å². The maximum absolute atomic E-state index is 10.3. The maximum atomic E-state index is 10.3. The summed E-state index contributed by atoms with van der Waals surface area (Å²) in [6, 6.07) is 9.26. The number of nitrogens with zero attached hydrogens (tertiary/aromatic N) is 1. The smallest absolute Gasteiger partial charge is 0.161 e. The molecule has 0 spiro atoms. The Morgan fingerprint density at radius 2 is 1.79 bits per heavy atom. The Labute approximate surface area is 111 Å². The van der Waals surface area contributed by atoms with E-state index in [0.717, 1.165) is 22.6 Å². The van der Waals surface area contributed by atoms with Crippen LogP contribution >= 0.6 is 0 Å². The SMILES string of the molecule is Cc1ccc(C(O)c2ccc3c(c2)OCCO3)cn1. The molecule has 1 unspecified atom stereocenters. The average molecular weight is 257 g/mol. The number of aromatic nitrogens is 1. The van der Waals surface area contributed by atoms with Gasteiger partial charge in [-0.2, -0.15) is 0 Å². The number of aliphatic hydroxyl groups excluding tert-OH is 1. The Morgan fingerprint density at radius 1 is 1.05 bits per heavy atom. The topological polar surface area (TPSA) is 51.6 Å². The molecule has 1 aliphatic rings. The first kappa shape index (κ1) is 12.0. The van der Waals surface area contributed by atoms with Crippen LogP contribution < -0.4 is 9.47 Å². The van der Waals surface area contributed by atoms with Crippen LogP contribution in [0.4, 0.5) is 0 Å². The lowest BCUT2D eigenvalue weighted by atomic mass is 10.0. The summed E-state index contributed by atoms with van der Waals surface area (Å²) in [5, 5.41) is 10.3. The Kier molecular flexibility index (Phi) is 3.09. The molecule has 0 saturated heterocycles. The van der Waals surface area contributed by atoms with Gasteiger partial charge in [0.1, 0.15) is 19.3 Å². The van der Waals surface area contributed by atoms with Crippen molar-refractivity contribution in [1.29, 1.82) is 0 Å². The van der Waals surface area contributed by atoms with Gasteiger partial charge in [-0.25, -0.2) is 0 Å². The van der Waals surface area contributed by atoms with Gasteiger partial charge in [-0.1, -0.05) is 12.1 Å². The fourth-order valence-corrected chi connectivity index (χ4v) is 2.06. The van der Waals surface area contributed by atoms with Crippen molar-refractivity contribution in [2.24, 2.45) is 0 Å².